The van der Waals surface area contributed by atoms with E-state index in [0.29, 0.717) is 12.2 Å². The zero-order valence-electron chi connectivity index (χ0n) is 10.5. The van der Waals surface area contributed by atoms with Crippen molar-refractivity contribution in [3.05, 3.63) is 28.8 Å². The second-order valence-electron chi connectivity index (χ2n) is 4.66. The summed E-state index contributed by atoms with van der Waals surface area (Å²) in [6, 6.07) is 4.22. The van der Waals surface area contributed by atoms with Gasteiger partial charge in [-0.25, -0.2) is 0 Å². The van der Waals surface area contributed by atoms with Gasteiger partial charge in [0.25, 0.3) is 0 Å². The van der Waals surface area contributed by atoms with Crippen molar-refractivity contribution < 1.29 is 9.47 Å². The molecular formula is C14H20O2. The van der Waals surface area contributed by atoms with Crippen molar-refractivity contribution in [2.45, 2.75) is 45.8 Å². The van der Waals surface area contributed by atoms with Crippen LogP contribution in [-0.4, -0.2) is 19.3 Å². The van der Waals surface area contributed by atoms with E-state index in [-0.39, 0.29) is 0 Å². The molecule has 1 heterocycles. The molecular weight excluding hydrogens is 200 g/mol. The maximum Gasteiger partial charge on any atom is 0.119 e. The molecule has 1 aliphatic heterocycles. The number of epoxide rings is 1. The third-order valence-corrected chi connectivity index (χ3v) is 3.42. The van der Waals surface area contributed by atoms with E-state index in [1.54, 1.807) is 7.11 Å². The highest BCUT2D eigenvalue weighted by Gasteiger charge is 2.33. The van der Waals surface area contributed by atoms with Gasteiger partial charge in [0.2, 0.25) is 0 Å². The molecule has 16 heavy (non-hydrogen) atoms. The van der Waals surface area contributed by atoms with Gasteiger partial charge in [-0.3, -0.25) is 0 Å². The second-order valence-corrected chi connectivity index (χ2v) is 4.66. The quantitative estimate of drug-likeness (QED) is 0.727. The molecule has 0 N–H and O–H groups in total. The van der Waals surface area contributed by atoms with E-state index in [9.17, 15) is 0 Å². The fraction of sp³-hybridized carbons (Fsp3) is 0.571. The Morgan fingerprint density at radius 2 is 1.81 bits per heavy atom. The first-order valence-corrected chi connectivity index (χ1v) is 5.91. The molecule has 1 aliphatic rings. The van der Waals surface area contributed by atoms with Gasteiger partial charge in [0.1, 0.15) is 5.75 Å². The Balaban J connectivity index is 2.07. The number of hydrogen-bond donors (Lipinski definition) is 0. The molecule has 0 amide bonds. The molecule has 1 aromatic rings. The Morgan fingerprint density at radius 3 is 2.25 bits per heavy atom. The highest BCUT2D eigenvalue weighted by Crippen LogP contribution is 2.28. The van der Waals surface area contributed by atoms with Gasteiger partial charge in [-0.2, -0.15) is 0 Å². The molecule has 0 spiro atoms. The molecule has 1 aromatic carbocycles. The summed E-state index contributed by atoms with van der Waals surface area (Å²) in [5, 5.41) is 0. The lowest BCUT2D eigenvalue weighted by Crippen LogP contribution is -1.99. The van der Waals surface area contributed by atoms with Gasteiger partial charge in [-0.1, -0.05) is 0 Å². The molecule has 2 atom stereocenters. The molecule has 1 saturated heterocycles. The van der Waals surface area contributed by atoms with Gasteiger partial charge in [-0.15, -0.1) is 0 Å². The first kappa shape index (κ1) is 11.5. The zero-order valence-corrected chi connectivity index (χ0v) is 10.5. The van der Waals surface area contributed by atoms with Gasteiger partial charge >= 0.3 is 0 Å². The molecule has 88 valence electrons. The summed E-state index contributed by atoms with van der Waals surface area (Å²) in [4.78, 5) is 0. The molecule has 1 fully saturated rings. The molecule has 0 bridgehead atoms. The molecule has 0 aromatic heterocycles. The summed E-state index contributed by atoms with van der Waals surface area (Å²) in [6.07, 6.45) is 3.20. The average Bonchev–Trinajstić information content (AvgIpc) is 2.93. The minimum absolute atomic E-state index is 0.471. The highest BCUT2D eigenvalue weighted by molar-refractivity contribution is 5.41. The van der Waals surface area contributed by atoms with Crippen LogP contribution in [0.25, 0.3) is 0 Å². The Labute approximate surface area is 97.6 Å². The summed E-state index contributed by atoms with van der Waals surface area (Å²) in [5.74, 6) is 0.954. The Morgan fingerprint density at radius 1 is 1.25 bits per heavy atom. The normalized spacial score (nSPS) is 23.2. The van der Waals surface area contributed by atoms with Crippen LogP contribution < -0.4 is 4.74 Å². The fourth-order valence-corrected chi connectivity index (χ4v) is 2.29. The van der Waals surface area contributed by atoms with Gasteiger partial charge in [0.05, 0.1) is 19.3 Å². The SMILES string of the molecule is COc1cc(C)c(CCC2OC2C)c(C)c1. The molecule has 2 unspecified atom stereocenters. The number of hydrogen-bond acceptors (Lipinski definition) is 2. The third kappa shape index (κ3) is 2.38. The van der Waals surface area contributed by atoms with E-state index in [2.05, 4.69) is 32.9 Å². The first-order chi connectivity index (χ1) is 7.61. The lowest BCUT2D eigenvalue weighted by molar-refractivity contribution is 0.370. The fourth-order valence-electron chi connectivity index (χ4n) is 2.29. The standard InChI is InChI=1S/C14H20O2/c1-9-7-12(15-4)8-10(2)13(9)5-6-14-11(3)16-14/h7-8,11,14H,5-6H2,1-4H3. The first-order valence-electron chi connectivity index (χ1n) is 5.91. The average molecular weight is 220 g/mol. The van der Waals surface area contributed by atoms with Crippen LogP contribution in [0.3, 0.4) is 0 Å². The van der Waals surface area contributed by atoms with E-state index in [1.165, 1.54) is 16.7 Å². The molecule has 0 radical (unpaired) electrons. The smallest absolute Gasteiger partial charge is 0.119 e. The minimum Gasteiger partial charge on any atom is -0.497 e. The lowest BCUT2D eigenvalue weighted by Gasteiger charge is -2.11. The van der Waals surface area contributed by atoms with Gasteiger partial charge in [0, 0.05) is 0 Å². The second kappa shape index (κ2) is 4.46. The van der Waals surface area contributed by atoms with Crippen molar-refractivity contribution in [1.29, 1.82) is 0 Å². The van der Waals surface area contributed by atoms with Crippen molar-refractivity contribution >= 4 is 0 Å². The maximum absolute atomic E-state index is 5.44. The number of methoxy groups -OCH3 is 1. The van der Waals surface area contributed by atoms with Crippen molar-refractivity contribution in [2.24, 2.45) is 0 Å². The van der Waals surface area contributed by atoms with Crippen molar-refractivity contribution in [2.75, 3.05) is 7.11 Å². The van der Waals surface area contributed by atoms with Crippen LogP contribution in [0.2, 0.25) is 0 Å². The Kier molecular flexibility index (Phi) is 3.20. The molecule has 2 nitrogen and oxygen atoms in total. The maximum atomic E-state index is 5.44. The van der Waals surface area contributed by atoms with Crippen LogP contribution in [0, 0.1) is 13.8 Å². The van der Waals surface area contributed by atoms with E-state index >= 15 is 0 Å². The van der Waals surface area contributed by atoms with Crippen molar-refractivity contribution in [1.82, 2.24) is 0 Å². The van der Waals surface area contributed by atoms with Gasteiger partial charge in [-0.05, 0) is 62.4 Å². The number of aryl methyl sites for hydroxylation is 2. The Bertz CT molecular complexity index is 361. The van der Waals surface area contributed by atoms with E-state index in [1.807, 2.05) is 0 Å². The third-order valence-electron chi connectivity index (χ3n) is 3.42. The van der Waals surface area contributed by atoms with Crippen LogP contribution in [0.4, 0.5) is 0 Å². The highest BCUT2D eigenvalue weighted by atomic mass is 16.6. The summed E-state index contributed by atoms with van der Waals surface area (Å²) >= 11 is 0. The summed E-state index contributed by atoms with van der Waals surface area (Å²) in [5.41, 5.74) is 4.10. The van der Waals surface area contributed by atoms with Crippen LogP contribution in [-0.2, 0) is 11.2 Å². The molecule has 2 rings (SSSR count). The summed E-state index contributed by atoms with van der Waals surface area (Å²) in [6.45, 7) is 6.45. The molecule has 0 aliphatic carbocycles. The van der Waals surface area contributed by atoms with Gasteiger partial charge < -0.3 is 9.47 Å². The van der Waals surface area contributed by atoms with E-state index in [0.717, 1.165) is 18.6 Å². The summed E-state index contributed by atoms with van der Waals surface area (Å²) < 4.78 is 10.7. The molecule has 2 heteroatoms. The van der Waals surface area contributed by atoms with Crippen LogP contribution in [0.1, 0.15) is 30.0 Å². The van der Waals surface area contributed by atoms with E-state index in [4.69, 9.17) is 9.47 Å². The number of rotatable bonds is 4. The van der Waals surface area contributed by atoms with Crippen molar-refractivity contribution in [3.8, 4) is 5.75 Å². The van der Waals surface area contributed by atoms with Gasteiger partial charge in [0.15, 0.2) is 0 Å². The van der Waals surface area contributed by atoms with Crippen LogP contribution in [0.5, 0.6) is 5.75 Å². The molecule has 0 saturated carbocycles. The van der Waals surface area contributed by atoms with Crippen molar-refractivity contribution in [3.63, 3.8) is 0 Å². The number of benzene rings is 1. The topological polar surface area (TPSA) is 21.8 Å². The lowest BCUT2D eigenvalue weighted by atomic mass is 9.97. The monoisotopic (exact) mass is 220 g/mol. The van der Waals surface area contributed by atoms with Crippen LogP contribution in [0.15, 0.2) is 12.1 Å². The Hall–Kier alpha value is -1.02. The predicted octanol–water partition coefficient (Wildman–Crippen LogP) is 3.03. The number of ether oxygens (including phenoxy) is 2. The summed E-state index contributed by atoms with van der Waals surface area (Å²) in [7, 11) is 1.72. The zero-order chi connectivity index (χ0) is 11.7. The predicted molar refractivity (Wildman–Crippen MR) is 65.1 cm³/mol. The minimum atomic E-state index is 0.471. The van der Waals surface area contributed by atoms with E-state index < -0.39 is 0 Å². The van der Waals surface area contributed by atoms with Crippen LogP contribution >= 0.6 is 0 Å². The largest absolute Gasteiger partial charge is 0.497 e.